The van der Waals surface area contributed by atoms with E-state index in [1.807, 2.05) is 0 Å². The molecule has 1 aromatic carbocycles. The second kappa shape index (κ2) is 10.3. The number of nitrogen functional groups attached to an aromatic ring is 1. The Labute approximate surface area is 140 Å². The molecule has 0 amide bonds. The third-order valence-electron chi connectivity index (χ3n) is 3.11. The van der Waals surface area contributed by atoms with Gasteiger partial charge in [-0.05, 0) is 18.6 Å². The number of phosphoric acid groups is 1. The van der Waals surface area contributed by atoms with Gasteiger partial charge in [0.05, 0.1) is 25.4 Å². The third kappa shape index (κ3) is 9.47. The van der Waals surface area contributed by atoms with Crippen LogP contribution in [0.25, 0.3) is 0 Å². The van der Waals surface area contributed by atoms with Crippen molar-refractivity contribution in [3.05, 3.63) is 23.8 Å². The van der Waals surface area contributed by atoms with Gasteiger partial charge in [-0.2, -0.15) is 5.26 Å². The molecule has 0 unspecified atom stereocenters. The molecule has 0 radical (unpaired) electrons. The van der Waals surface area contributed by atoms with Gasteiger partial charge in [-0.25, -0.2) is 4.57 Å². The fourth-order valence-electron chi connectivity index (χ4n) is 2.05. The van der Waals surface area contributed by atoms with Crippen LogP contribution in [0, 0.1) is 11.3 Å². The maximum Gasteiger partial charge on any atom is 0.466 e. The second-order valence-electron chi connectivity index (χ2n) is 5.04. The zero-order chi connectivity index (χ0) is 18.0. The highest BCUT2D eigenvalue weighted by atomic mass is 31.2. The van der Waals surface area contributed by atoms with Crippen molar-refractivity contribution in [2.24, 2.45) is 0 Å². The number of nitriles is 1. The molecule has 0 bridgehead atoms. The lowest BCUT2D eigenvalue weighted by Crippen LogP contribution is -2.37. The molecular formula is C14H22N3O6P. The molecule has 1 aliphatic heterocycles. The molecule has 0 spiro atoms. The number of benzene rings is 1. The van der Waals surface area contributed by atoms with E-state index in [0.717, 1.165) is 39.3 Å². The van der Waals surface area contributed by atoms with E-state index >= 15 is 0 Å². The van der Waals surface area contributed by atoms with Crippen LogP contribution in [-0.4, -0.2) is 59.0 Å². The summed E-state index contributed by atoms with van der Waals surface area (Å²) in [5.41, 5.74) is 6.83. The highest BCUT2D eigenvalue weighted by molar-refractivity contribution is 7.45. The summed E-state index contributed by atoms with van der Waals surface area (Å²) in [4.78, 5) is 23.9. The van der Waals surface area contributed by atoms with E-state index in [0.29, 0.717) is 23.6 Å². The van der Waals surface area contributed by atoms with Gasteiger partial charge in [0.1, 0.15) is 11.8 Å². The monoisotopic (exact) mass is 359 g/mol. The number of rotatable bonds is 5. The molecule has 1 fully saturated rings. The Hall–Kier alpha value is -1.66. The number of morpholine rings is 1. The second-order valence-corrected chi connectivity index (χ2v) is 6.06. The molecule has 0 atom stereocenters. The van der Waals surface area contributed by atoms with Crippen LogP contribution in [-0.2, 0) is 9.30 Å². The van der Waals surface area contributed by atoms with Gasteiger partial charge in [-0.1, -0.05) is 0 Å². The molecule has 0 aromatic heterocycles. The van der Waals surface area contributed by atoms with Crippen molar-refractivity contribution in [3.8, 4) is 11.8 Å². The number of ether oxygens (including phenoxy) is 2. The zero-order valence-electron chi connectivity index (χ0n) is 13.2. The summed E-state index contributed by atoms with van der Waals surface area (Å²) >= 11 is 0. The quantitative estimate of drug-likeness (QED) is 0.331. The molecule has 0 saturated carbocycles. The smallest absolute Gasteiger partial charge is 0.466 e. The van der Waals surface area contributed by atoms with Gasteiger partial charge in [0, 0.05) is 31.4 Å². The van der Waals surface area contributed by atoms with E-state index in [4.69, 9.17) is 39.7 Å². The van der Waals surface area contributed by atoms with E-state index in [1.165, 1.54) is 0 Å². The predicted molar refractivity (Wildman–Crippen MR) is 87.2 cm³/mol. The summed E-state index contributed by atoms with van der Waals surface area (Å²) < 4.78 is 19.8. The largest absolute Gasteiger partial charge is 0.492 e. The van der Waals surface area contributed by atoms with Gasteiger partial charge in [-0.3, -0.25) is 4.90 Å². The minimum Gasteiger partial charge on any atom is -0.492 e. The number of hydrogen-bond donors (Lipinski definition) is 4. The highest BCUT2D eigenvalue weighted by Gasteiger charge is 2.10. The molecule has 0 aliphatic carbocycles. The Bertz CT molecular complexity index is 586. The van der Waals surface area contributed by atoms with Crippen LogP contribution in [0.2, 0.25) is 0 Å². The molecule has 24 heavy (non-hydrogen) atoms. The standard InChI is InChI=1S/C14H19N3O2.H3O4P/c15-11-12-2-3-13(16)10-14(12)19-7-1-4-17-5-8-18-9-6-17;1-5(2,3)4/h2-3,10H,1,4-9,16H2;(H3,1,2,3,4). The van der Waals surface area contributed by atoms with Crippen LogP contribution in [0.15, 0.2) is 18.2 Å². The van der Waals surface area contributed by atoms with Gasteiger partial charge in [-0.15, -0.1) is 0 Å². The fraction of sp³-hybridized carbons (Fsp3) is 0.500. The van der Waals surface area contributed by atoms with Gasteiger partial charge >= 0.3 is 7.82 Å². The minimum atomic E-state index is -4.64. The molecular weight excluding hydrogens is 337 g/mol. The summed E-state index contributed by atoms with van der Waals surface area (Å²) in [6.45, 7) is 5.19. The lowest BCUT2D eigenvalue weighted by Gasteiger charge is -2.26. The van der Waals surface area contributed by atoms with Crippen LogP contribution >= 0.6 is 7.82 Å². The molecule has 5 N–H and O–H groups in total. The van der Waals surface area contributed by atoms with E-state index in [-0.39, 0.29) is 0 Å². The Morgan fingerprint density at radius 3 is 2.54 bits per heavy atom. The molecule has 1 aliphatic rings. The molecule has 1 heterocycles. The van der Waals surface area contributed by atoms with E-state index in [1.54, 1.807) is 18.2 Å². The molecule has 1 saturated heterocycles. The van der Waals surface area contributed by atoms with Crippen molar-refractivity contribution in [2.75, 3.05) is 45.2 Å². The number of anilines is 1. The van der Waals surface area contributed by atoms with Crippen LogP contribution in [0.5, 0.6) is 5.75 Å². The van der Waals surface area contributed by atoms with Crippen LogP contribution in [0.1, 0.15) is 12.0 Å². The van der Waals surface area contributed by atoms with Gasteiger partial charge in [0.25, 0.3) is 0 Å². The van der Waals surface area contributed by atoms with Crippen molar-refractivity contribution in [1.29, 1.82) is 5.26 Å². The SMILES string of the molecule is N#Cc1ccc(N)cc1OCCCN1CCOCC1.O=P(O)(O)O. The third-order valence-corrected chi connectivity index (χ3v) is 3.11. The lowest BCUT2D eigenvalue weighted by molar-refractivity contribution is 0.0358. The first-order valence-corrected chi connectivity index (χ1v) is 8.87. The summed E-state index contributed by atoms with van der Waals surface area (Å²) in [6.07, 6.45) is 0.930. The molecule has 10 heteroatoms. The first-order chi connectivity index (χ1) is 11.3. The van der Waals surface area contributed by atoms with E-state index in [9.17, 15) is 0 Å². The highest BCUT2D eigenvalue weighted by Crippen LogP contribution is 2.25. The lowest BCUT2D eigenvalue weighted by atomic mass is 10.2. The summed E-state index contributed by atoms with van der Waals surface area (Å²) in [6, 6.07) is 7.20. The maximum absolute atomic E-state index is 8.98. The van der Waals surface area contributed by atoms with Crippen LogP contribution in [0.4, 0.5) is 5.69 Å². The molecule has 9 nitrogen and oxygen atoms in total. The Kier molecular flexibility index (Phi) is 8.71. The first kappa shape index (κ1) is 20.4. The molecule has 2 rings (SSSR count). The zero-order valence-corrected chi connectivity index (χ0v) is 14.1. The topological polar surface area (TPSA) is 149 Å². The minimum absolute atomic E-state index is 0.528. The van der Waals surface area contributed by atoms with Crippen molar-refractivity contribution in [1.82, 2.24) is 4.90 Å². The maximum atomic E-state index is 8.98. The Balaban J connectivity index is 0.000000505. The van der Waals surface area contributed by atoms with E-state index in [2.05, 4.69) is 11.0 Å². The number of nitrogens with two attached hydrogens (primary N) is 1. The summed E-state index contributed by atoms with van der Waals surface area (Å²) in [5.74, 6) is 0.574. The van der Waals surface area contributed by atoms with Crippen molar-refractivity contribution in [2.45, 2.75) is 6.42 Å². The van der Waals surface area contributed by atoms with Gasteiger partial charge in [0.15, 0.2) is 0 Å². The average molecular weight is 359 g/mol. The Morgan fingerprint density at radius 1 is 1.33 bits per heavy atom. The van der Waals surface area contributed by atoms with Crippen molar-refractivity contribution < 1.29 is 28.7 Å². The average Bonchev–Trinajstić information content (AvgIpc) is 2.51. The normalized spacial score (nSPS) is 15.1. The number of nitrogens with zero attached hydrogens (tertiary/aromatic N) is 2. The van der Waals surface area contributed by atoms with Gasteiger partial charge in [0.2, 0.25) is 0 Å². The summed E-state index contributed by atoms with van der Waals surface area (Å²) in [7, 11) is -4.64. The molecule has 134 valence electrons. The van der Waals surface area contributed by atoms with Gasteiger partial charge < -0.3 is 29.9 Å². The fourth-order valence-corrected chi connectivity index (χ4v) is 2.05. The molecule has 1 aromatic rings. The van der Waals surface area contributed by atoms with Crippen molar-refractivity contribution in [3.63, 3.8) is 0 Å². The van der Waals surface area contributed by atoms with Crippen LogP contribution < -0.4 is 10.5 Å². The Morgan fingerprint density at radius 2 is 1.96 bits per heavy atom. The first-order valence-electron chi connectivity index (χ1n) is 7.30. The van der Waals surface area contributed by atoms with Crippen LogP contribution in [0.3, 0.4) is 0 Å². The number of hydrogen-bond acceptors (Lipinski definition) is 6. The summed E-state index contributed by atoms with van der Waals surface area (Å²) in [5, 5.41) is 8.98. The van der Waals surface area contributed by atoms with Crippen molar-refractivity contribution >= 4 is 13.5 Å². The van der Waals surface area contributed by atoms with E-state index < -0.39 is 7.82 Å². The predicted octanol–water partition coefficient (Wildman–Crippen LogP) is 0.313.